The van der Waals surface area contributed by atoms with Crippen molar-refractivity contribution in [3.05, 3.63) is 108 Å². The SMILES string of the molecule is CC(C)(C)c1cc(-c2ccc[c-]2[S@](=O)c2ccccc2)cc(C(C)(C)C)c1.[Fe+2].c1cc[cH-]c1. The molecule has 0 heterocycles. The summed E-state index contributed by atoms with van der Waals surface area (Å²) in [6.07, 6.45) is 0. The summed E-state index contributed by atoms with van der Waals surface area (Å²) in [6.45, 7) is 13.5. The molecule has 4 aromatic rings. The maximum absolute atomic E-state index is 13.2. The third kappa shape index (κ3) is 7.14. The van der Waals surface area contributed by atoms with Crippen LogP contribution in [0, 0.1) is 0 Å². The van der Waals surface area contributed by atoms with Gasteiger partial charge in [-0.15, -0.1) is 11.6 Å². The molecule has 4 aromatic carbocycles. The van der Waals surface area contributed by atoms with Gasteiger partial charge in [0.1, 0.15) is 0 Å². The fraction of sp³-hybridized carbons (Fsp3) is 0.267. The molecule has 0 amide bonds. The first-order valence-corrected chi connectivity index (χ1v) is 12.3. The van der Waals surface area contributed by atoms with Crippen LogP contribution in [0.25, 0.3) is 11.1 Å². The molecule has 0 saturated heterocycles. The summed E-state index contributed by atoms with van der Waals surface area (Å²) in [5.41, 5.74) is 4.94. The smallest absolute Gasteiger partial charge is 0.259 e. The summed E-state index contributed by atoms with van der Waals surface area (Å²) in [5.74, 6) is 0. The quantitative estimate of drug-likeness (QED) is 0.205. The van der Waals surface area contributed by atoms with Gasteiger partial charge in [-0.05, 0) is 27.9 Å². The molecule has 0 aliphatic carbocycles. The van der Waals surface area contributed by atoms with E-state index < -0.39 is 10.8 Å². The number of rotatable bonds is 3. The maximum atomic E-state index is 13.2. The van der Waals surface area contributed by atoms with Crippen LogP contribution in [0.2, 0.25) is 0 Å². The zero-order chi connectivity index (χ0) is 23.4. The van der Waals surface area contributed by atoms with Crippen molar-refractivity contribution in [2.45, 2.75) is 62.2 Å². The van der Waals surface area contributed by atoms with E-state index in [1.807, 2.05) is 72.8 Å². The second-order valence-corrected chi connectivity index (χ2v) is 11.6. The van der Waals surface area contributed by atoms with Gasteiger partial charge in [-0.25, -0.2) is 12.1 Å². The van der Waals surface area contributed by atoms with Gasteiger partial charge in [0.2, 0.25) is 0 Å². The Balaban J connectivity index is 0.000000568. The molecule has 1 nitrogen and oxygen atoms in total. The Morgan fingerprint density at radius 2 is 1.27 bits per heavy atom. The van der Waals surface area contributed by atoms with E-state index >= 15 is 0 Å². The normalized spacial score (nSPS) is 12.3. The summed E-state index contributed by atoms with van der Waals surface area (Å²) in [6, 6.07) is 32.6. The van der Waals surface area contributed by atoms with Crippen LogP contribution in [0.1, 0.15) is 52.7 Å². The van der Waals surface area contributed by atoms with E-state index in [-0.39, 0.29) is 27.9 Å². The van der Waals surface area contributed by atoms with Crippen molar-refractivity contribution >= 4 is 10.8 Å². The fourth-order valence-electron chi connectivity index (χ4n) is 3.44. The minimum atomic E-state index is -1.18. The Labute approximate surface area is 212 Å². The molecule has 1 atom stereocenters. The number of hydrogen-bond acceptors (Lipinski definition) is 1. The van der Waals surface area contributed by atoms with Crippen LogP contribution >= 0.6 is 0 Å². The molecule has 0 aliphatic heterocycles. The summed E-state index contributed by atoms with van der Waals surface area (Å²) < 4.78 is 13.2. The van der Waals surface area contributed by atoms with Gasteiger partial charge in [0, 0.05) is 15.7 Å². The predicted octanol–water partition coefficient (Wildman–Crippen LogP) is 8.24. The summed E-state index contributed by atoms with van der Waals surface area (Å²) in [5, 5.41) is 0. The number of hydrogen-bond donors (Lipinski definition) is 0. The van der Waals surface area contributed by atoms with Crippen molar-refractivity contribution in [2.75, 3.05) is 0 Å². The van der Waals surface area contributed by atoms with E-state index in [0.717, 1.165) is 20.9 Å². The number of benzene rings is 2. The third-order valence-electron chi connectivity index (χ3n) is 5.46. The van der Waals surface area contributed by atoms with E-state index in [9.17, 15) is 4.21 Å². The molecule has 3 heteroatoms. The molecule has 33 heavy (non-hydrogen) atoms. The van der Waals surface area contributed by atoms with Crippen molar-refractivity contribution in [1.82, 2.24) is 0 Å². The second kappa shape index (κ2) is 11.3. The van der Waals surface area contributed by atoms with Crippen LogP contribution in [0.4, 0.5) is 0 Å². The van der Waals surface area contributed by atoms with Crippen molar-refractivity contribution in [2.24, 2.45) is 0 Å². The topological polar surface area (TPSA) is 17.1 Å². The first-order valence-electron chi connectivity index (χ1n) is 11.1. The van der Waals surface area contributed by atoms with E-state index in [1.54, 1.807) is 0 Å². The van der Waals surface area contributed by atoms with Gasteiger partial charge < -0.3 is 0 Å². The monoisotopic (exact) mass is 498 g/mol. The van der Waals surface area contributed by atoms with Gasteiger partial charge in [-0.2, -0.15) is 30.3 Å². The first-order chi connectivity index (χ1) is 15.1. The van der Waals surface area contributed by atoms with Crippen LogP contribution in [-0.4, -0.2) is 4.21 Å². The average molecular weight is 499 g/mol. The average Bonchev–Trinajstić information content (AvgIpc) is 3.47. The molecule has 0 aromatic heterocycles. The Morgan fingerprint density at radius 1 is 0.727 bits per heavy atom. The van der Waals surface area contributed by atoms with Gasteiger partial charge in [0.15, 0.2) is 0 Å². The van der Waals surface area contributed by atoms with E-state index in [2.05, 4.69) is 65.8 Å². The Hall–Kier alpha value is -2.19. The molecule has 0 radical (unpaired) electrons. The minimum absolute atomic E-state index is 0. The van der Waals surface area contributed by atoms with Gasteiger partial charge >= 0.3 is 17.1 Å². The van der Waals surface area contributed by atoms with E-state index in [1.165, 1.54) is 11.1 Å². The molecule has 0 bridgehead atoms. The van der Waals surface area contributed by atoms with Crippen molar-refractivity contribution in [3.8, 4) is 11.1 Å². The molecular weight excluding hydrogens is 464 g/mol. The molecule has 0 N–H and O–H groups in total. The fourth-order valence-corrected chi connectivity index (χ4v) is 4.69. The Bertz CT molecular complexity index is 1090. The van der Waals surface area contributed by atoms with E-state index in [0.29, 0.717) is 0 Å². The zero-order valence-corrected chi connectivity index (χ0v) is 22.3. The maximum Gasteiger partial charge on any atom is 2.00 e. The Morgan fingerprint density at radius 3 is 1.73 bits per heavy atom. The van der Waals surface area contributed by atoms with Gasteiger partial charge in [0.25, 0.3) is 0 Å². The van der Waals surface area contributed by atoms with Crippen LogP contribution in [-0.2, 0) is 38.7 Å². The summed E-state index contributed by atoms with van der Waals surface area (Å²) in [7, 11) is -1.18. The molecule has 174 valence electrons. The largest absolute Gasteiger partial charge is 2.00 e. The molecule has 0 saturated carbocycles. The van der Waals surface area contributed by atoms with Gasteiger partial charge in [-0.3, -0.25) is 4.21 Å². The van der Waals surface area contributed by atoms with E-state index in [4.69, 9.17) is 0 Å². The minimum Gasteiger partial charge on any atom is -0.259 e. The van der Waals surface area contributed by atoms with Crippen LogP contribution < -0.4 is 0 Å². The molecular formula is C30H34FeOS. The van der Waals surface area contributed by atoms with Crippen molar-refractivity contribution in [3.63, 3.8) is 0 Å². The molecule has 0 fully saturated rings. The van der Waals surface area contributed by atoms with Crippen LogP contribution in [0.5, 0.6) is 0 Å². The summed E-state index contributed by atoms with van der Waals surface area (Å²) in [4.78, 5) is 1.72. The molecule has 0 unspecified atom stereocenters. The standard InChI is InChI=1S/C25H29OS.C5H5.Fe/c1-24(2,3)19-15-18(16-20(17-19)25(4,5)6)22-13-10-14-23(22)27(26)21-11-8-7-9-12-21;1-2-4-5-3-1;/h7-17H,1-6H3;1-5H;/q2*-1;+2/t27-;;/m1../s1. The summed E-state index contributed by atoms with van der Waals surface area (Å²) >= 11 is 0. The van der Waals surface area contributed by atoms with Crippen LogP contribution in [0.15, 0.2) is 107 Å². The molecule has 4 rings (SSSR count). The van der Waals surface area contributed by atoms with Crippen molar-refractivity contribution in [1.29, 1.82) is 0 Å². The van der Waals surface area contributed by atoms with Crippen LogP contribution in [0.3, 0.4) is 0 Å². The van der Waals surface area contributed by atoms with Crippen molar-refractivity contribution < 1.29 is 21.3 Å². The first kappa shape index (κ1) is 27.1. The van der Waals surface area contributed by atoms with Gasteiger partial charge in [0.05, 0.1) is 0 Å². The molecule has 0 spiro atoms. The van der Waals surface area contributed by atoms with Gasteiger partial charge in [-0.1, -0.05) is 94.6 Å². The Kier molecular flexibility index (Phi) is 9.26. The third-order valence-corrected chi connectivity index (χ3v) is 6.92. The molecule has 0 aliphatic rings. The predicted molar refractivity (Wildman–Crippen MR) is 138 cm³/mol. The second-order valence-electron chi connectivity index (χ2n) is 10.1. The zero-order valence-electron chi connectivity index (χ0n) is 20.4.